The monoisotopic (exact) mass is 699 g/mol. The van der Waals surface area contributed by atoms with Crippen molar-refractivity contribution in [2.45, 2.75) is 75.8 Å². The van der Waals surface area contributed by atoms with Crippen LogP contribution in [0.3, 0.4) is 0 Å². The fourth-order valence-electron chi connectivity index (χ4n) is 5.97. The number of carbonyl (C=O) groups is 4. The van der Waals surface area contributed by atoms with E-state index in [0.29, 0.717) is 42.5 Å². The molecule has 0 spiro atoms. The number of methoxy groups -OCH3 is 1. The molecule has 2 saturated heterocycles. The van der Waals surface area contributed by atoms with Crippen molar-refractivity contribution in [1.29, 1.82) is 0 Å². The third kappa shape index (κ3) is 7.94. The van der Waals surface area contributed by atoms with Gasteiger partial charge in [-0.25, -0.2) is 4.79 Å². The molecule has 13 nitrogen and oxygen atoms in total. The van der Waals surface area contributed by atoms with Crippen molar-refractivity contribution in [3.05, 3.63) is 47.0 Å². The number of nitrogens with zero attached hydrogens (tertiary/aromatic N) is 2. The summed E-state index contributed by atoms with van der Waals surface area (Å²) in [4.78, 5) is 74.9. The van der Waals surface area contributed by atoms with Gasteiger partial charge >= 0.3 is 19.4 Å². The first-order chi connectivity index (χ1) is 21.9. The lowest BCUT2D eigenvalue weighted by Crippen LogP contribution is -2.61. The number of benzene rings is 1. The van der Waals surface area contributed by atoms with Crippen LogP contribution in [0, 0.1) is 5.92 Å². The highest BCUT2D eigenvalue weighted by Crippen LogP contribution is 2.59. The molecule has 3 heterocycles. The first-order valence-electron chi connectivity index (χ1n) is 15.1. The summed E-state index contributed by atoms with van der Waals surface area (Å²) in [6.07, 6.45) is 1.67. The van der Waals surface area contributed by atoms with E-state index in [1.165, 1.54) is 29.0 Å². The van der Waals surface area contributed by atoms with Gasteiger partial charge in [-0.15, -0.1) is 11.3 Å². The van der Waals surface area contributed by atoms with Crippen molar-refractivity contribution in [2.75, 3.05) is 20.2 Å². The highest BCUT2D eigenvalue weighted by atomic mass is 32.1. The predicted molar refractivity (Wildman–Crippen MR) is 171 cm³/mol. The number of ether oxygens (including phenoxy) is 1. The standard InChI is InChI=1S/C30H40F2N5O8PS/c1-16(2)21(8-5-17(3)33)34-26(38)23-9-7-20-11-12-36(29(41)45-4)15-22(28(40)37(20)23)35-27(39)25-14-18-13-19(6-10-24(18)47-25)30(31,32)46(42,43)44/h6,10,13-14,16,20-23H,3,5,7-9,11-12,15,33H2,1-2,4H3,(H,34,38)(H,35,39)(H2,42,43,44)/t20-,21+,22+,23+/m1/s1. The highest BCUT2D eigenvalue weighted by molar-refractivity contribution is 7.52. The Balaban J connectivity index is 1.60. The Bertz CT molecular complexity index is 1600. The van der Waals surface area contributed by atoms with E-state index >= 15 is 0 Å². The number of carbonyl (C=O) groups excluding carboxylic acids is 4. The molecule has 2 aliphatic rings. The largest absolute Gasteiger partial charge is 0.453 e. The Morgan fingerprint density at radius 2 is 1.91 bits per heavy atom. The zero-order chi connectivity index (χ0) is 34.8. The molecule has 17 heteroatoms. The van der Waals surface area contributed by atoms with Crippen LogP contribution in [0.25, 0.3) is 10.1 Å². The van der Waals surface area contributed by atoms with Crippen molar-refractivity contribution in [2.24, 2.45) is 11.7 Å². The zero-order valence-corrected chi connectivity index (χ0v) is 28.0. The molecule has 2 aliphatic heterocycles. The summed E-state index contributed by atoms with van der Waals surface area (Å²) in [7, 11) is -4.61. The summed E-state index contributed by atoms with van der Waals surface area (Å²) in [5, 5.41) is 5.86. The smallest absolute Gasteiger partial charge is 0.409 e. The number of alkyl halides is 2. The average molecular weight is 700 g/mol. The zero-order valence-electron chi connectivity index (χ0n) is 26.3. The summed E-state index contributed by atoms with van der Waals surface area (Å²) in [6, 6.07) is 1.58. The predicted octanol–water partition coefficient (Wildman–Crippen LogP) is 3.45. The number of nitrogens with one attached hydrogen (secondary N) is 2. The van der Waals surface area contributed by atoms with Crippen LogP contribution in [0.2, 0.25) is 0 Å². The van der Waals surface area contributed by atoms with E-state index < -0.39 is 48.8 Å². The van der Waals surface area contributed by atoms with Gasteiger partial charge in [-0.3, -0.25) is 18.9 Å². The van der Waals surface area contributed by atoms with Gasteiger partial charge in [0.1, 0.15) is 12.1 Å². The minimum Gasteiger partial charge on any atom is -0.453 e. The summed E-state index contributed by atoms with van der Waals surface area (Å²) in [6.45, 7) is 7.61. The molecule has 0 unspecified atom stereocenters. The van der Waals surface area contributed by atoms with Crippen LogP contribution in [0.1, 0.15) is 61.2 Å². The SMILES string of the molecule is C=C(N)CC[C@H](NC(=O)[C@@H]1CC[C@@H]2CCN(C(=O)OC)C[C@H](NC(=O)c3cc4cc(C(F)(F)P(=O)(O)O)ccc4s3)C(=O)N21)C(C)C. The second-order valence-corrected chi connectivity index (χ2v) is 15.0. The maximum atomic E-state index is 14.3. The van der Waals surface area contributed by atoms with Crippen molar-refractivity contribution in [1.82, 2.24) is 20.4 Å². The van der Waals surface area contributed by atoms with E-state index in [9.17, 15) is 32.5 Å². The molecular weight excluding hydrogens is 659 g/mol. The van der Waals surface area contributed by atoms with E-state index in [2.05, 4.69) is 17.2 Å². The van der Waals surface area contributed by atoms with Gasteiger partial charge in [-0.05, 0) is 61.6 Å². The Labute approximate surface area is 274 Å². The van der Waals surface area contributed by atoms with Gasteiger partial charge in [-0.2, -0.15) is 8.78 Å². The number of hydrogen-bond acceptors (Lipinski definition) is 8. The van der Waals surface area contributed by atoms with E-state index in [-0.39, 0.29) is 47.3 Å². The first kappa shape index (κ1) is 36.2. The van der Waals surface area contributed by atoms with Crippen molar-refractivity contribution >= 4 is 52.8 Å². The molecular formula is C30H40F2N5O8PS. The molecule has 1 aromatic heterocycles. The molecule has 0 aliphatic carbocycles. The minimum atomic E-state index is -5.81. The van der Waals surface area contributed by atoms with Gasteiger partial charge in [-0.1, -0.05) is 26.5 Å². The van der Waals surface area contributed by atoms with Crippen molar-refractivity contribution in [3.8, 4) is 0 Å². The Morgan fingerprint density at radius 1 is 1.21 bits per heavy atom. The fraction of sp³-hybridized carbons (Fsp3) is 0.533. The van der Waals surface area contributed by atoms with Gasteiger partial charge in [0.05, 0.1) is 18.5 Å². The Kier molecular flexibility index (Phi) is 11.0. The van der Waals surface area contributed by atoms with Crippen LogP contribution >= 0.6 is 18.9 Å². The maximum absolute atomic E-state index is 14.3. The lowest BCUT2D eigenvalue weighted by Gasteiger charge is -2.38. The molecule has 1 aromatic carbocycles. The number of rotatable bonds is 10. The first-order valence-corrected chi connectivity index (χ1v) is 17.5. The lowest BCUT2D eigenvalue weighted by molar-refractivity contribution is -0.143. The number of thiophene rings is 1. The summed E-state index contributed by atoms with van der Waals surface area (Å²) in [5.74, 6) is -1.54. The lowest BCUT2D eigenvalue weighted by atomic mass is 9.98. The van der Waals surface area contributed by atoms with Gasteiger partial charge in [0.25, 0.3) is 5.91 Å². The molecule has 4 rings (SSSR count). The Morgan fingerprint density at radius 3 is 2.53 bits per heavy atom. The van der Waals surface area contributed by atoms with Crippen LogP contribution in [-0.2, 0) is 24.6 Å². The molecule has 258 valence electrons. The average Bonchev–Trinajstić information content (AvgIpc) is 3.62. The molecule has 0 saturated carbocycles. The number of fused-ring (bicyclic) bond motifs is 2. The molecule has 6 N–H and O–H groups in total. The number of nitrogens with two attached hydrogens (primary N) is 1. The molecule has 0 bridgehead atoms. The maximum Gasteiger partial charge on any atom is 0.409 e. The number of halogens is 2. The van der Waals surface area contributed by atoms with Crippen LogP contribution < -0.4 is 16.4 Å². The molecule has 47 heavy (non-hydrogen) atoms. The van der Waals surface area contributed by atoms with Gasteiger partial charge in [0.15, 0.2) is 0 Å². The second kappa shape index (κ2) is 14.3. The van der Waals surface area contributed by atoms with Crippen molar-refractivity contribution < 1.29 is 47.0 Å². The normalized spacial score (nSPS) is 21.2. The summed E-state index contributed by atoms with van der Waals surface area (Å²) < 4.78 is 45.3. The minimum absolute atomic E-state index is 0.0321. The van der Waals surface area contributed by atoms with Gasteiger partial charge in [0.2, 0.25) is 11.8 Å². The Hall–Kier alpha value is -3.59. The molecule has 2 aromatic rings. The third-order valence-electron chi connectivity index (χ3n) is 8.59. The number of allylic oxidation sites excluding steroid dienone is 1. The van der Waals surface area contributed by atoms with Crippen LogP contribution in [0.4, 0.5) is 13.6 Å². The van der Waals surface area contributed by atoms with Crippen molar-refractivity contribution in [3.63, 3.8) is 0 Å². The van der Waals surface area contributed by atoms with Crippen LogP contribution in [-0.4, -0.2) is 87.8 Å². The van der Waals surface area contributed by atoms with Gasteiger partial charge < -0.3 is 40.7 Å². The number of hydrogen-bond donors (Lipinski definition) is 5. The fourth-order valence-corrected chi connectivity index (χ4v) is 7.39. The van der Waals surface area contributed by atoms with Gasteiger partial charge in [0, 0.05) is 34.6 Å². The topological polar surface area (TPSA) is 192 Å². The molecule has 2 fully saturated rings. The van der Waals surface area contributed by atoms with E-state index in [1.54, 1.807) is 0 Å². The molecule has 4 atom stereocenters. The van der Waals surface area contributed by atoms with E-state index in [0.717, 1.165) is 23.5 Å². The quantitative estimate of drug-likeness (QED) is 0.231. The number of amides is 4. The second-order valence-electron chi connectivity index (χ2n) is 12.2. The van der Waals surface area contributed by atoms with E-state index in [1.807, 2.05) is 13.8 Å². The van der Waals surface area contributed by atoms with Crippen LogP contribution in [0.5, 0.6) is 0 Å². The summed E-state index contributed by atoms with van der Waals surface area (Å²) in [5.41, 5.74) is 0.894. The van der Waals surface area contributed by atoms with Crippen LogP contribution in [0.15, 0.2) is 36.5 Å². The molecule has 0 radical (unpaired) electrons. The third-order valence-corrected chi connectivity index (χ3v) is 10.7. The molecule has 4 amide bonds. The summed E-state index contributed by atoms with van der Waals surface area (Å²) >= 11 is 0.924. The van der Waals surface area contributed by atoms with E-state index in [4.69, 9.17) is 20.3 Å². The highest BCUT2D eigenvalue weighted by Gasteiger charge is 2.50.